The van der Waals surface area contributed by atoms with Gasteiger partial charge in [0.05, 0.1) is 11.1 Å². The highest BCUT2D eigenvalue weighted by molar-refractivity contribution is 9.10. The highest BCUT2D eigenvalue weighted by atomic mass is 79.9. The molecule has 134 valence electrons. The van der Waals surface area contributed by atoms with E-state index in [1.807, 2.05) is 37.3 Å². The Kier molecular flexibility index (Phi) is 5.42. The molecule has 1 aliphatic heterocycles. The molecule has 2 aromatic carbocycles. The van der Waals surface area contributed by atoms with Gasteiger partial charge in [-0.1, -0.05) is 29.8 Å². The number of imide groups is 1. The maximum absolute atomic E-state index is 11.8. The van der Waals surface area contributed by atoms with E-state index in [1.54, 1.807) is 6.08 Å². The Labute approximate surface area is 160 Å². The molecule has 6 heteroatoms. The molecule has 2 aromatic rings. The Balaban J connectivity index is 1.96. The summed E-state index contributed by atoms with van der Waals surface area (Å²) in [5.74, 6) is 0.333. The van der Waals surface area contributed by atoms with E-state index in [4.69, 9.17) is 4.74 Å². The van der Waals surface area contributed by atoms with Gasteiger partial charge in [0.1, 0.15) is 11.4 Å². The van der Waals surface area contributed by atoms with Gasteiger partial charge in [0.15, 0.2) is 0 Å². The second kappa shape index (κ2) is 7.74. The molecular weight excluding hydrogens is 396 g/mol. The van der Waals surface area contributed by atoms with Crippen molar-refractivity contribution in [3.8, 4) is 5.75 Å². The fourth-order valence-electron chi connectivity index (χ4n) is 2.79. The summed E-state index contributed by atoms with van der Waals surface area (Å²) in [6.07, 6.45) is 3.49. The van der Waals surface area contributed by atoms with Crippen LogP contribution in [0.4, 0.5) is 4.79 Å². The SMILES string of the molecule is C=C(C)CCCOc1c(Br)cc(/C=C2\NC(=O)NC2=O)c2ccccc12. The molecule has 1 saturated heterocycles. The monoisotopic (exact) mass is 414 g/mol. The maximum atomic E-state index is 11.8. The number of rotatable bonds is 6. The van der Waals surface area contributed by atoms with Crippen molar-refractivity contribution in [1.29, 1.82) is 0 Å². The van der Waals surface area contributed by atoms with Gasteiger partial charge in [-0.15, -0.1) is 6.58 Å². The van der Waals surface area contributed by atoms with Crippen molar-refractivity contribution in [1.82, 2.24) is 10.6 Å². The lowest BCUT2D eigenvalue weighted by molar-refractivity contribution is -0.115. The van der Waals surface area contributed by atoms with Gasteiger partial charge in [0, 0.05) is 5.39 Å². The van der Waals surface area contributed by atoms with E-state index in [2.05, 4.69) is 33.1 Å². The molecule has 1 aliphatic rings. The molecule has 0 spiro atoms. The summed E-state index contributed by atoms with van der Waals surface area (Å²) in [5.41, 5.74) is 2.17. The Morgan fingerprint density at radius 3 is 2.62 bits per heavy atom. The molecule has 1 fully saturated rings. The molecule has 0 aliphatic carbocycles. The Bertz CT molecular complexity index is 934. The molecule has 0 bridgehead atoms. The van der Waals surface area contributed by atoms with Crippen LogP contribution < -0.4 is 15.4 Å². The van der Waals surface area contributed by atoms with Crippen molar-refractivity contribution >= 4 is 44.7 Å². The van der Waals surface area contributed by atoms with Crippen molar-refractivity contribution in [3.05, 3.63) is 58.2 Å². The van der Waals surface area contributed by atoms with E-state index in [0.717, 1.165) is 45.0 Å². The third-order valence-corrected chi connectivity index (χ3v) is 4.58. The van der Waals surface area contributed by atoms with Crippen molar-refractivity contribution in [2.75, 3.05) is 6.61 Å². The average molecular weight is 415 g/mol. The maximum Gasteiger partial charge on any atom is 0.326 e. The molecule has 1 heterocycles. The van der Waals surface area contributed by atoms with Crippen LogP contribution in [-0.2, 0) is 4.79 Å². The lowest BCUT2D eigenvalue weighted by atomic mass is 10.0. The number of carbonyl (C=O) groups excluding carboxylic acids is 2. The number of nitrogens with one attached hydrogen (secondary N) is 2. The normalized spacial score (nSPS) is 15.2. The zero-order valence-corrected chi connectivity index (χ0v) is 16.0. The van der Waals surface area contributed by atoms with E-state index >= 15 is 0 Å². The van der Waals surface area contributed by atoms with Gasteiger partial charge < -0.3 is 10.1 Å². The summed E-state index contributed by atoms with van der Waals surface area (Å²) in [4.78, 5) is 23.1. The largest absolute Gasteiger partial charge is 0.492 e. The molecule has 0 radical (unpaired) electrons. The van der Waals surface area contributed by atoms with Crippen LogP contribution in [0.5, 0.6) is 5.75 Å². The number of halogens is 1. The number of amides is 3. The standard InChI is InChI=1S/C20H19BrN2O3/c1-12(2)6-5-9-26-18-15-8-4-3-7-14(15)13(10-16(18)21)11-17-19(24)23-20(25)22-17/h3-4,7-8,10-11H,1,5-6,9H2,2H3,(H2,22,23,24,25)/b17-11-. The first-order chi connectivity index (χ1) is 12.5. The topological polar surface area (TPSA) is 67.4 Å². The molecule has 3 amide bonds. The summed E-state index contributed by atoms with van der Waals surface area (Å²) in [7, 11) is 0. The second-order valence-corrected chi connectivity index (χ2v) is 7.05. The number of allylic oxidation sites excluding steroid dienone is 1. The third-order valence-electron chi connectivity index (χ3n) is 4.00. The molecule has 0 aromatic heterocycles. The fourth-order valence-corrected chi connectivity index (χ4v) is 3.37. The van der Waals surface area contributed by atoms with E-state index < -0.39 is 11.9 Å². The van der Waals surface area contributed by atoms with E-state index in [-0.39, 0.29) is 5.70 Å². The van der Waals surface area contributed by atoms with Crippen LogP contribution in [0.25, 0.3) is 16.8 Å². The first-order valence-electron chi connectivity index (χ1n) is 8.28. The van der Waals surface area contributed by atoms with Crippen LogP contribution in [0.15, 0.2) is 52.7 Å². The number of benzene rings is 2. The Morgan fingerprint density at radius 2 is 1.96 bits per heavy atom. The third kappa shape index (κ3) is 3.96. The smallest absolute Gasteiger partial charge is 0.326 e. The van der Waals surface area contributed by atoms with Crippen molar-refractivity contribution < 1.29 is 14.3 Å². The minimum atomic E-state index is -0.512. The molecule has 0 unspecified atom stereocenters. The second-order valence-electron chi connectivity index (χ2n) is 6.20. The number of ether oxygens (including phenoxy) is 1. The zero-order valence-electron chi connectivity index (χ0n) is 14.4. The lowest BCUT2D eigenvalue weighted by Gasteiger charge is -2.14. The summed E-state index contributed by atoms with van der Waals surface area (Å²) in [5, 5.41) is 6.59. The van der Waals surface area contributed by atoms with Crippen LogP contribution in [0.2, 0.25) is 0 Å². The fraction of sp³-hybridized carbons (Fsp3) is 0.200. The Morgan fingerprint density at radius 1 is 1.23 bits per heavy atom. The molecule has 2 N–H and O–H groups in total. The molecule has 0 atom stereocenters. The van der Waals surface area contributed by atoms with Crippen molar-refractivity contribution in [3.63, 3.8) is 0 Å². The minimum Gasteiger partial charge on any atom is -0.492 e. The average Bonchev–Trinajstić information content (AvgIpc) is 2.91. The van der Waals surface area contributed by atoms with Crippen LogP contribution in [-0.4, -0.2) is 18.5 Å². The van der Waals surface area contributed by atoms with E-state index in [0.29, 0.717) is 6.61 Å². The van der Waals surface area contributed by atoms with Crippen molar-refractivity contribution in [2.45, 2.75) is 19.8 Å². The highest BCUT2D eigenvalue weighted by Gasteiger charge is 2.23. The number of urea groups is 1. The van der Waals surface area contributed by atoms with Crippen LogP contribution in [0.1, 0.15) is 25.3 Å². The predicted octanol–water partition coefficient (Wildman–Crippen LogP) is 4.52. The molecule has 5 nitrogen and oxygen atoms in total. The summed E-state index contributed by atoms with van der Waals surface area (Å²) in [6, 6.07) is 9.18. The van der Waals surface area contributed by atoms with Crippen LogP contribution in [0.3, 0.4) is 0 Å². The predicted molar refractivity (Wildman–Crippen MR) is 106 cm³/mol. The number of hydrogen-bond donors (Lipinski definition) is 2. The van der Waals surface area contributed by atoms with Gasteiger partial charge in [-0.2, -0.15) is 0 Å². The number of hydrogen-bond acceptors (Lipinski definition) is 3. The van der Waals surface area contributed by atoms with Crippen LogP contribution in [0, 0.1) is 0 Å². The Hall–Kier alpha value is -2.60. The molecular formula is C20H19BrN2O3. The van der Waals surface area contributed by atoms with Crippen molar-refractivity contribution in [2.24, 2.45) is 0 Å². The number of fused-ring (bicyclic) bond motifs is 1. The van der Waals surface area contributed by atoms with Gasteiger partial charge in [0.25, 0.3) is 5.91 Å². The first-order valence-corrected chi connectivity index (χ1v) is 9.07. The first kappa shape index (κ1) is 18.2. The highest BCUT2D eigenvalue weighted by Crippen LogP contribution is 2.37. The van der Waals surface area contributed by atoms with Gasteiger partial charge in [0.2, 0.25) is 0 Å². The lowest BCUT2D eigenvalue weighted by Crippen LogP contribution is -2.22. The zero-order chi connectivity index (χ0) is 18.7. The molecule has 0 saturated carbocycles. The molecule has 3 rings (SSSR count). The summed E-state index contributed by atoms with van der Waals surface area (Å²) >= 11 is 3.57. The van der Waals surface area contributed by atoms with Gasteiger partial charge in [-0.05, 0) is 58.8 Å². The van der Waals surface area contributed by atoms with E-state index in [1.165, 1.54) is 0 Å². The number of carbonyl (C=O) groups is 2. The quantitative estimate of drug-likeness (QED) is 0.316. The minimum absolute atomic E-state index is 0.224. The van der Waals surface area contributed by atoms with Gasteiger partial charge >= 0.3 is 6.03 Å². The van der Waals surface area contributed by atoms with E-state index in [9.17, 15) is 9.59 Å². The summed E-state index contributed by atoms with van der Waals surface area (Å²) < 4.78 is 6.80. The van der Waals surface area contributed by atoms with Gasteiger partial charge in [-0.3, -0.25) is 10.1 Å². The summed E-state index contributed by atoms with van der Waals surface area (Å²) in [6.45, 7) is 6.50. The van der Waals surface area contributed by atoms with Gasteiger partial charge in [-0.25, -0.2) is 4.79 Å². The molecule has 26 heavy (non-hydrogen) atoms. The van der Waals surface area contributed by atoms with Crippen LogP contribution >= 0.6 is 15.9 Å².